The fraction of sp³-hybridized carbons (Fsp3) is 0.714. The molecule has 0 N–H and O–H groups in total. The van der Waals surface area contributed by atoms with E-state index in [0.717, 1.165) is 29.7 Å². The maximum atomic E-state index is 5.87. The fourth-order valence-electron chi connectivity index (χ4n) is 3.45. The van der Waals surface area contributed by atoms with Gasteiger partial charge >= 0.3 is 0 Å². The van der Waals surface area contributed by atoms with Gasteiger partial charge in [0.05, 0.1) is 5.88 Å². The van der Waals surface area contributed by atoms with E-state index in [1.54, 1.807) is 0 Å². The highest BCUT2D eigenvalue weighted by atomic mass is 35.5. The molecule has 4 heteroatoms. The van der Waals surface area contributed by atoms with E-state index in [2.05, 4.69) is 14.9 Å². The van der Waals surface area contributed by atoms with Crippen LogP contribution in [0.1, 0.15) is 43.4 Å². The average molecular weight is 266 g/mol. The number of hydrogen-bond donors (Lipinski definition) is 0. The van der Waals surface area contributed by atoms with E-state index >= 15 is 0 Å². The Balaban J connectivity index is 1.87. The summed E-state index contributed by atoms with van der Waals surface area (Å²) in [4.78, 5) is 11.6. The van der Waals surface area contributed by atoms with Gasteiger partial charge in [0.15, 0.2) is 0 Å². The molecule has 0 bridgehead atoms. The van der Waals surface area contributed by atoms with Gasteiger partial charge in [0.25, 0.3) is 0 Å². The number of rotatable bonds is 2. The summed E-state index contributed by atoms with van der Waals surface area (Å²) in [5, 5.41) is 0. The van der Waals surface area contributed by atoms with Crippen LogP contribution in [0.2, 0.25) is 0 Å². The Morgan fingerprint density at radius 1 is 1.33 bits per heavy atom. The van der Waals surface area contributed by atoms with Crippen molar-refractivity contribution in [3.8, 4) is 0 Å². The molecular formula is C14H20ClN3. The smallest absolute Gasteiger partial charge is 0.225 e. The van der Waals surface area contributed by atoms with Crippen LogP contribution in [0.4, 0.5) is 5.95 Å². The zero-order chi connectivity index (χ0) is 12.5. The molecule has 2 atom stereocenters. The highest BCUT2D eigenvalue weighted by Gasteiger charge is 2.36. The van der Waals surface area contributed by atoms with E-state index in [1.165, 1.54) is 32.1 Å². The van der Waals surface area contributed by atoms with Gasteiger partial charge in [-0.15, -0.1) is 11.6 Å². The van der Waals surface area contributed by atoms with E-state index in [1.807, 2.05) is 13.1 Å². The van der Waals surface area contributed by atoms with Crippen molar-refractivity contribution in [1.82, 2.24) is 9.97 Å². The van der Waals surface area contributed by atoms with E-state index in [4.69, 9.17) is 11.6 Å². The van der Waals surface area contributed by atoms with Gasteiger partial charge in [-0.05, 0) is 38.5 Å². The van der Waals surface area contributed by atoms with Crippen molar-refractivity contribution >= 4 is 17.5 Å². The summed E-state index contributed by atoms with van der Waals surface area (Å²) in [5.41, 5.74) is 2.07. The minimum Gasteiger partial charge on any atom is -0.338 e. The van der Waals surface area contributed by atoms with Crippen molar-refractivity contribution in [2.45, 2.75) is 50.9 Å². The van der Waals surface area contributed by atoms with Crippen molar-refractivity contribution in [2.75, 3.05) is 11.4 Å². The lowest BCUT2D eigenvalue weighted by Crippen LogP contribution is -2.43. The Bertz CT molecular complexity index is 435. The molecule has 3 nitrogen and oxygen atoms in total. The summed E-state index contributed by atoms with van der Waals surface area (Å²) in [6.07, 6.45) is 8.62. The second-order valence-electron chi connectivity index (χ2n) is 5.51. The van der Waals surface area contributed by atoms with Gasteiger partial charge < -0.3 is 4.90 Å². The van der Waals surface area contributed by atoms with Crippen LogP contribution in [0.15, 0.2) is 6.20 Å². The lowest BCUT2D eigenvalue weighted by atomic mass is 9.92. The molecule has 1 aromatic rings. The molecular weight excluding hydrogens is 246 g/mol. The second kappa shape index (κ2) is 5.04. The lowest BCUT2D eigenvalue weighted by molar-refractivity contribution is 0.358. The first kappa shape index (κ1) is 12.2. The minimum atomic E-state index is 0.498. The number of hydrogen-bond acceptors (Lipinski definition) is 3. The van der Waals surface area contributed by atoms with Crippen LogP contribution < -0.4 is 4.90 Å². The SMILES string of the molecule is Cc1nc(N2CCCC3CCCC32)ncc1CCl. The lowest BCUT2D eigenvalue weighted by Gasteiger charge is -2.37. The third-order valence-corrected chi connectivity index (χ3v) is 4.75. The summed E-state index contributed by atoms with van der Waals surface area (Å²) in [6, 6.07) is 0.681. The normalized spacial score (nSPS) is 27.3. The van der Waals surface area contributed by atoms with Crippen LogP contribution in [-0.2, 0) is 5.88 Å². The van der Waals surface area contributed by atoms with Crippen LogP contribution in [0.25, 0.3) is 0 Å². The molecule has 1 aliphatic carbocycles. The second-order valence-corrected chi connectivity index (χ2v) is 5.78. The molecule has 1 saturated heterocycles. The van der Waals surface area contributed by atoms with Crippen molar-refractivity contribution in [3.05, 3.63) is 17.5 Å². The van der Waals surface area contributed by atoms with E-state index < -0.39 is 0 Å². The van der Waals surface area contributed by atoms with Gasteiger partial charge in [-0.1, -0.05) is 6.42 Å². The molecule has 2 unspecified atom stereocenters. The van der Waals surface area contributed by atoms with Gasteiger partial charge in [-0.2, -0.15) is 0 Å². The Hall–Kier alpha value is -0.830. The fourth-order valence-corrected chi connectivity index (χ4v) is 3.71. The Labute approximate surface area is 114 Å². The average Bonchev–Trinajstić information content (AvgIpc) is 2.86. The van der Waals surface area contributed by atoms with Gasteiger partial charge in [-0.3, -0.25) is 0 Å². The molecule has 3 rings (SSSR count). The van der Waals surface area contributed by atoms with E-state index in [-0.39, 0.29) is 0 Å². The first-order chi connectivity index (χ1) is 8.79. The van der Waals surface area contributed by atoms with Crippen LogP contribution in [0.3, 0.4) is 0 Å². The predicted molar refractivity (Wildman–Crippen MR) is 74.0 cm³/mol. The highest BCUT2D eigenvalue weighted by molar-refractivity contribution is 6.17. The molecule has 0 radical (unpaired) electrons. The van der Waals surface area contributed by atoms with Crippen molar-refractivity contribution in [2.24, 2.45) is 5.92 Å². The Kier molecular flexibility index (Phi) is 3.42. The molecule has 2 aliphatic rings. The summed E-state index contributed by atoms with van der Waals surface area (Å²) >= 11 is 5.87. The van der Waals surface area contributed by atoms with Crippen LogP contribution in [-0.4, -0.2) is 22.6 Å². The zero-order valence-electron chi connectivity index (χ0n) is 10.9. The van der Waals surface area contributed by atoms with Gasteiger partial charge in [0.1, 0.15) is 0 Å². The number of fused-ring (bicyclic) bond motifs is 1. The Morgan fingerprint density at radius 2 is 2.17 bits per heavy atom. The summed E-state index contributed by atoms with van der Waals surface area (Å²) in [5.74, 6) is 2.28. The number of piperidine rings is 1. The van der Waals surface area contributed by atoms with Crippen LogP contribution in [0, 0.1) is 12.8 Å². The molecule has 2 heterocycles. The first-order valence-corrected chi connectivity index (χ1v) is 7.48. The van der Waals surface area contributed by atoms with Gasteiger partial charge in [0, 0.05) is 30.0 Å². The molecule has 0 amide bonds. The summed E-state index contributed by atoms with van der Waals surface area (Å²) in [7, 11) is 0. The highest BCUT2D eigenvalue weighted by Crippen LogP contribution is 2.38. The zero-order valence-corrected chi connectivity index (χ0v) is 11.7. The molecule has 0 spiro atoms. The largest absolute Gasteiger partial charge is 0.338 e. The van der Waals surface area contributed by atoms with Gasteiger partial charge in [0.2, 0.25) is 5.95 Å². The number of alkyl halides is 1. The van der Waals surface area contributed by atoms with Crippen LogP contribution >= 0.6 is 11.6 Å². The number of anilines is 1. The predicted octanol–water partition coefficient (Wildman–Crippen LogP) is 3.29. The van der Waals surface area contributed by atoms with Crippen molar-refractivity contribution < 1.29 is 0 Å². The monoisotopic (exact) mass is 265 g/mol. The molecule has 18 heavy (non-hydrogen) atoms. The molecule has 1 saturated carbocycles. The number of aryl methyl sites for hydroxylation is 1. The summed E-state index contributed by atoms with van der Waals surface area (Å²) in [6.45, 7) is 3.14. The quantitative estimate of drug-likeness (QED) is 0.769. The van der Waals surface area contributed by atoms with Crippen molar-refractivity contribution in [3.63, 3.8) is 0 Å². The maximum absolute atomic E-state index is 5.87. The van der Waals surface area contributed by atoms with E-state index in [9.17, 15) is 0 Å². The maximum Gasteiger partial charge on any atom is 0.225 e. The first-order valence-electron chi connectivity index (χ1n) is 6.94. The molecule has 1 aliphatic heterocycles. The van der Waals surface area contributed by atoms with Crippen LogP contribution in [0.5, 0.6) is 0 Å². The summed E-state index contributed by atoms with van der Waals surface area (Å²) < 4.78 is 0. The van der Waals surface area contributed by atoms with Crippen molar-refractivity contribution in [1.29, 1.82) is 0 Å². The molecule has 98 valence electrons. The third-order valence-electron chi connectivity index (χ3n) is 4.46. The number of halogens is 1. The molecule has 0 aromatic carbocycles. The Morgan fingerprint density at radius 3 is 2.94 bits per heavy atom. The standard InChI is InChI=1S/C14H20ClN3/c1-10-12(8-15)9-16-14(17-10)18-7-3-5-11-4-2-6-13(11)18/h9,11,13H,2-8H2,1H3. The number of nitrogens with zero attached hydrogens (tertiary/aromatic N) is 3. The molecule has 2 fully saturated rings. The topological polar surface area (TPSA) is 29.0 Å². The molecule has 1 aromatic heterocycles. The van der Waals surface area contributed by atoms with Gasteiger partial charge in [-0.25, -0.2) is 9.97 Å². The minimum absolute atomic E-state index is 0.498. The third kappa shape index (κ3) is 2.09. The number of aromatic nitrogens is 2. The van der Waals surface area contributed by atoms with E-state index in [0.29, 0.717) is 11.9 Å².